The highest BCUT2D eigenvalue weighted by Crippen LogP contribution is 2.25. The lowest BCUT2D eigenvalue weighted by molar-refractivity contribution is -0.129. The Kier molecular flexibility index (Phi) is 5.63. The van der Waals surface area contributed by atoms with Gasteiger partial charge in [0.25, 0.3) is 0 Å². The zero-order chi connectivity index (χ0) is 21.1. The lowest BCUT2D eigenvalue weighted by Gasteiger charge is -2.20. The molecule has 3 rings (SSSR count). The Morgan fingerprint density at radius 2 is 2.10 bits per heavy atom. The Morgan fingerprint density at radius 3 is 2.76 bits per heavy atom. The first-order valence-corrected chi connectivity index (χ1v) is 9.10. The average molecular weight is 393 g/mol. The minimum atomic E-state index is -1.35. The summed E-state index contributed by atoms with van der Waals surface area (Å²) in [6, 6.07) is 9.42. The molecule has 0 unspecified atom stereocenters. The highest BCUT2D eigenvalue weighted by Gasteiger charge is 2.16. The van der Waals surface area contributed by atoms with Crippen molar-refractivity contribution in [2.45, 2.75) is 26.3 Å². The van der Waals surface area contributed by atoms with Crippen molar-refractivity contribution in [3.8, 4) is 11.5 Å². The van der Waals surface area contributed by atoms with E-state index < -0.39 is 11.7 Å². The molecule has 0 spiro atoms. The number of hydrogen-bond donors (Lipinski definition) is 3. The first-order valence-electron chi connectivity index (χ1n) is 9.10. The number of rotatable bonds is 7. The van der Waals surface area contributed by atoms with Crippen LogP contribution >= 0.6 is 0 Å². The third-order valence-corrected chi connectivity index (χ3v) is 4.54. The van der Waals surface area contributed by atoms with E-state index in [1.165, 1.54) is 0 Å². The summed E-state index contributed by atoms with van der Waals surface area (Å²) in [5, 5.41) is 16.7. The summed E-state index contributed by atoms with van der Waals surface area (Å²) in [4.78, 5) is 21.6. The van der Waals surface area contributed by atoms with Crippen LogP contribution < -0.4 is 10.6 Å². The lowest BCUT2D eigenvalue weighted by Crippen LogP contribution is -2.20. The summed E-state index contributed by atoms with van der Waals surface area (Å²) in [5.74, 6) is -0.470. The number of nitrogens with two attached hydrogens (primary N) is 1. The molecule has 3 aromatic rings. The minimum absolute atomic E-state index is 0.0152. The van der Waals surface area contributed by atoms with Crippen molar-refractivity contribution < 1.29 is 14.3 Å². The molecule has 0 aliphatic carbocycles. The van der Waals surface area contributed by atoms with E-state index in [1.54, 1.807) is 18.5 Å². The van der Waals surface area contributed by atoms with Crippen molar-refractivity contribution in [1.29, 1.82) is 5.41 Å². The first kappa shape index (κ1) is 20.1. The van der Waals surface area contributed by atoms with Gasteiger partial charge in [-0.1, -0.05) is 26.0 Å². The van der Waals surface area contributed by atoms with Crippen molar-refractivity contribution in [1.82, 2.24) is 9.97 Å². The monoisotopic (exact) mass is 393 g/mol. The van der Waals surface area contributed by atoms with E-state index in [2.05, 4.69) is 23.8 Å². The predicted molar refractivity (Wildman–Crippen MR) is 111 cm³/mol. The van der Waals surface area contributed by atoms with Gasteiger partial charge in [-0.05, 0) is 29.7 Å². The van der Waals surface area contributed by atoms with Gasteiger partial charge in [-0.25, -0.2) is 14.8 Å². The molecule has 2 heterocycles. The molecule has 0 amide bonds. The second-order valence-corrected chi connectivity index (χ2v) is 7.10. The Labute approximate surface area is 168 Å². The van der Waals surface area contributed by atoms with Gasteiger partial charge in [0, 0.05) is 19.2 Å². The van der Waals surface area contributed by atoms with E-state index >= 15 is 0 Å². The molecule has 0 bridgehead atoms. The molecule has 0 radical (unpaired) electrons. The molecule has 0 aliphatic heterocycles. The molecular formula is C21H23N5O3. The number of benzene rings is 1. The second-order valence-electron chi connectivity index (χ2n) is 7.10. The van der Waals surface area contributed by atoms with Crippen LogP contribution in [0.15, 0.2) is 47.2 Å². The zero-order valence-electron chi connectivity index (χ0n) is 16.5. The number of nitrogens with zero attached hydrogens (tertiary/aromatic N) is 3. The van der Waals surface area contributed by atoms with Crippen LogP contribution in [0.1, 0.15) is 36.6 Å². The smallest absolute Gasteiger partial charge is 0.354 e. The fourth-order valence-electron chi connectivity index (χ4n) is 2.84. The second kappa shape index (κ2) is 8.14. The Morgan fingerprint density at radius 1 is 1.34 bits per heavy atom. The Hall–Kier alpha value is -3.68. The van der Waals surface area contributed by atoms with E-state index in [1.807, 2.05) is 36.2 Å². The molecule has 2 aromatic heterocycles. The van der Waals surface area contributed by atoms with Crippen LogP contribution in [0.4, 0.5) is 11.5 Å². The van der Waals surface area contributed by atoms with E-state index in [9.17, 15) is 4.79 Å². The van der Waals surface area contributed by atoms with E-state index in [0.29, 0.717) is 24.0 Å². The lowest BCUT2D eigenvalue weighted by atomic mass is 10.1. The number of nitrogens with one attached hydrogen (secondary N) is 1. The van der Waals surface area contributed by atoms with Gasteiger partial charge in [0.1, 0.15) is 12.1 Å². The highest BCUT2D eigenvalue weighted by atomic mass is 16.4. The summed E-state index contributed by atoms with van der Waals surface area (Å²) in [7, 11) is 1.86. The molecule has 0 atom stereocenters. The first-order chi connectivity index (χ1) is 13.8. The maximum absolute atomic E-state index is 11.1. The maximum Gasteiger partial charge on any atom is 0.354 e. The van der Waals surface area contributed by atoms with E-state index in [0.717, 1.165) is 16.8 Å². The number of pyridine rings is 1. The SMILES string of the molecule is CC(C)c1coc(-c2cccc(CN(C)c3cnc(N)c(C(=N)C(=O)O)c3)c2)n1. The van der Waals surface area contributed by atoms with Gasteiger partial charge in [-0.15, -0.1) is 0 Å². The summed E-state index contributed by atoms with van der Waals surface area (Å²) >= 11 is 0. The van der Waals surface area contributed by atoms with Crippen LogP contribution in [0, 0.1) is 5.41 Å². The number of hydrogen-bond acceptors (Lipinski definition) is 7. The minimum Gasteiger partial charge on any atom is -0.477 e. The molecule has 0 saturated carbocycles. The van der Waals surface area contributed by atoms with Gasteiger partial charge in [-0.3, -0.25) is 5.41 Å². The maximum atomic E-state index is 11.1. The molecule has 0 fully saturated rings. The quantitative estimate of drug-likeness (QED) is 0.524. The molecule has 8 heteroatoms. The predicted octanol–water partition coefficient (Wildman–Crippen LogP) is 3.53. The molecular weight excluding hydrogens is 370 g/mol. The summed E-state index contributed by atoms with van der Waals surface area (Å²) in [6.45, 7) is 4.66. The number of oxazole rings is 1. The fourth-order valence-corrected chi connectivity index (χ4v) is 2.84. The molecule has 8 nitrogen and oxygen atoms in total. The Balaban J connectivity index is 1.82. The fraction of sp³-hybridized carbons (Fsp3) is 0.238. The number of nitrogen functional groups attached to an aromatic ring is 1. The van der Waals surface area contributed by atoms with Crippen molar-refractivity contribution in [2.24, 2.45) is 0 Å². The number of carboxylic acids is 1. The normalized spacial score (nSPS) is 10.9. The number of aliphatic carboxylic acids is 1. The molecule has 150 valence electrons. The molecule has 0 aliphatic rings. The third kappa shape index (κ3) is 4.43. The van der Waals surface area contributed by atoms with Crippen LogP contribution in [0.2, 0.25) is 0 Å². The van der Waals surface area contributed by atoms with Crippen LogP contribution in [-0.2, 0) is 11.3 Å². The summed E-state index contributed by atoms with van der Waals surface area (Å²) in [6.07, 6.45) is 3.23. The molecule has 0 saturated heterocycles. The highest BCUT2D eigenvalue weighted by molar-refractivity contribution is 6.42. The van der Waals surface area contributed by atoms with Crippen LogP contribution in [0.5, 0.6) is 0 Å². The van der Waals surface area contributed by atoms with E-state index in [-0.39, 0.29) is 11.4 Å². The van der Waals surface area contributed by atoms with Crippen molar-refractivity contribution in [3.05, 3.63) is 59.6 Å². The van der Waals surface area contributed by atoms with Crippen molar-refractivity contribution in [3.63, 3.8) is 0 Å². The van der Waals surface area contributed by atoms with Crippen LogP contribution in [0.25, 0.3) is 11.5 Å². The van der Waals surface area contributed by atoms with Crippen LogP contribution in [0.3, 0.4) is 0 Å². The molecule has 29 heavy (non-hydrogen) atoms. The largest absolute Gasteiger partial charge is 0.477 e. The zero-order valence-corrected chi connectivity index (χ0v) is 16.5. The summed E-state index contributed by atoms with van der Waals surface area (Å²) < 4.78 is 5.61. The molecule has 4 N–H and O–H groups in total. The standard InChI is InChI=1S/C21H23N5O3/c1-12(2)17-11-29-20(25-17)14-6-4-5-13(7-14)10-26(3)15-8-16(18(22)21(27)28)19(23)24-9-15/h4-9,11-12,22H,10H2,1-3H3,(H2,23,24)(H,27,28). The number of carboxylic acid groups (broad SMARTS) is 1. The van der Waals surface area contributed by atoms with Crippen LogP contribution in [-0.4, -0.2) is 33.8 Å². The van der Waals surface area contributed by atoms with Crippen molar-refractivity contribution in [2.75, 3.05) is 17.7 Å². The van der Waals surface area contributed by atoms with Gasteiger partial charge in [0.2, 0.25) is 5.89 Å². The average Bonchev–Trinajstić information content (AvgIpc) is 3.18. The number of aromatic nitrogens is 2. The van der Waals surface area contributed by atoms with Gasteiger partial charge in [0.15, 0.2) is 5.71 Å². The third-order valence-electron chi connectivity index (χ3n) is 4.54. The Bertz CT molecular complexity index is 1060. The molecule has 1 aromatic carbocycles. The number of carbonyl (C=O) groups is 1. The van der Waals surface area contributed by atoms with Gasteiger partial charge in [0.05, 0.1) is 23.1 Å². The summed E-state index contributed by atoms with van der Waals surface area (Å²) in [5.41, 5.74) is 8.70. The topological polar surface area (TPSA) is 129 Å². The van der Waals surface area contributed by atoms with Crippen molar-refractivity contribution >= 4 is 23.2 Å². The van der Waals surface area contributed by atoms with Gasteiger partial charge >= 0.3 is 5.97 Å². The van der Waals surface area contributed by atoms with Gasteiger partial charge in [-0.2, -0.15) is 0 Å². The number of anilines is 2. The van der Waals surface area contributed by atoms with Gasteiger partial charge < -0.3 is 20.2 Å². The van der Waals surface area contributed by atoms with E-state index in [4.69, 9.17) is 20.7 Å².